The van der Waals surface area contributed by atoms with Crippen molar-refractivity contribution in [2.45, 2.75) is 103 Å². The van der Waals surface area contributed by atoms with Gasteiger partial charge in [0.15, 0.2) is 0 Å². The molecule has 0 aromatic rings. The summed E-state index contributed by atoms with van der Waals surface area (Å²) in [5.41, 5.74) is 3.78. The quantitative estimate of drug-likeness (QED) is 0.453. The van der Waals surface area contributed by atoms with Crippen LogP contribution >= 0.6 is 0 Å². The number of fused-ring (bicyclic) bond motifs is 1. The van der Waals surface area contributed by atoms with E-state index >= 15 is 0 Å². The first-order chi connectivity index (χ1) is 15.2. The Kier molecular flexibility index (Phi) is 6.92. The molecule has 4 fully saturated rings. The molecule has 4 aliphatic rings. The Hall–Kier alpha value is -1.16. The Morgan fingerprint density at radius 3 is 2.56 bits per heavy atom. The summed E-state index contributed by atoms with van der Waals surface area (Å²) in [4.78, 5) is 0. The normalized spacial score (nSPS) is 41.2. The molecule has 3 nitrogen and oxygen atoms in total. The first-order valence-electron chi connectivity index (χ1n) is 13.0. The van der Waals surface area contributed by atoms with Crippen LogP contribution in [0.3, 0.4) is 0 Å². The lowest BCUT2D eigenvalue weighted by Crippen LogP contribution is -2.35. The third kappa shape index (κ3) is 4.45. The van der Waals surface area contributed by atoms with E-state index < -0.39 is 12.2 Å². The Balaban J connectivity index is 1.47. The fraction of sp³-hybridized carbons (Fsp3) is 0.724. The van der Waals surface area contributed by atoms with Gasteiger partial charge in [-0.1, -0.05) is 57.2 Å². The summed E-state index contributed by atoms with van der Waals surface area (Å²) < 4.78 is 0. The molecule has 0 aromatic heterocycles. The summed E-state index contributed by atoms with van der Waals surface area (Å²) in [6, 6.07) is 0. The molecular weight excluding hydrogens is 396 g/mol. The van der Waals surface area contributed by atoms with Crippen LogP contribution in [0.15, 0.2) is 47.6 Å². The van der Waals surface area contributed by atoms with Gasteiger partial charge in [-0.15, -0.1) is 0 Å². The molecule has 0 saturated heterocycles. The van der Waals surface area contributed by atoms with Crippen LogP contribution in [-0.2, 0) is 0 Å². The van der Waals surface area contributed by atoms with E-state index in [4.69, 9.17) is 0 Å². The predicted octanol–water partition coefficient (Wildman–Crippen LogP) is 5.87. The number of aliphatic hydroxyl groups excluding tert-OH is 3. The average molecular weight is 441 g/mol. The molecule has 178 valence electrons. The zero-order valence-electron chi connectivity index (χ0n) is 20.4. The van der Waals surface area contributed by atoms with Gasteiger partial charge in [-0.25, -0.2) is 0 Å². The topological polar surface area (TPSA) is 60.7 Å². The predicted molar refractivity (Wildman–Crippen MR) is 131 cm³/mol. The maximum atomic E-state index is 10.7. The minimum atomic E-state index is -0.624. The van der Waals surface area contributed by atoms with Crippen molar-refractivity contribution >= 4 is 0 Å². The van der Waals surface area contributed by atoms with Crippen molar-refractivity contribution in [3.63, 3.8) is 0 Å². The van der Waals surface area contributed by atoms with Crippen LogP contribution in [0.25, 0.3) is 0 Å². The van der Waals surface area contributed by atoms with Gasteiger partial charge >= 0.3 is 0 Å². The number of rotatable bonds is 6. The fourth-order valence-electron chi connectivity index (χ4n) is 7.25. The van der Waals surface area contributed by atoms with E-state index in [0.29, 0.717) is 36.0 Å². The summed E-state index contributed by atoms with van der Waals surface area (Å²) in [5.74, 6) is 1.74. The van der Waals surface area contributed by atoms with Crippen molar-refractivity contribution in [3.05, 3.63) is 47.6 Å². The molecule has 0 spiro atoms. The third-order valence-electron chi connectivity index (χ3n) is 9.76. The molecule has 0 amide bonds. The number of hydrogen-bond donors (Lipinski definition) is 3. The lowest BCUT2D eigenvalue weighted by Gasteiger charge is -2.44. The van der Waals surface area contributed by atoms with Crippen molar-refractivity contribution < 1.29 is 15.3 Å². The van der Waals surface area contributed by atoms with Crippen LogP contribution < -0.4 is 0 Å². The lowest BCUT2D eigenvalue weighted by atomic mass is 9.61. The molecule has 0 aliphatic heterocycles. The number of allylic oxidation sites excluding steroid dienone is 4. The molecule has 3 N–H and O–H groups in total. The third-order valence-corrected chi connectivity index (χ3v) is 9.76. The Morgan fingerprint density at radius 1 is 1.12 bits per heavy atom. The second-order valence-corrected chi connectivity index (χ2v) is 11.6. The average Bonchev–Trinajstić information content (AvgIpc) is 3.48. The SMILES string of the molecule is C=C1/C(=C\C=C2/CCC[C@]3(C)[C@@H]([C@H](C)/C=C/[C@H](O)C4(CC)CC4)CC[C@@H]23)C[C@@H](O)C[C@@H]1O. The highest BCUT2D eigenvalue weighted by molar-refractivity contribution is 5.38. The van der Waals surface area contributed by atoms with Crippen LogP contribution in [0.4, 0.5) is 0 Å². The second-order valence-electron chi connectivity index (χ2n) is 11.6. The van der Waals surface area contributed by atoms with E-state index in [2.05, 4.69) is 51.7 Å². The van der Waals surface area contributed by atoms with E-state index in [1.165, 1.54) is 31.3 Å². The van der Waals surface area contributed by atoms with Crippen LogP contribution in [0.2, 0.25) is 0 Å². The van der Waals surface area contributed by atoms with Gasteiger partial charge < -0.3 is 15.3 Å². The van der Waals surface area contributed by atoms with Crippen molar-refractivity contribution in [1.82, 2.24) is 0 Å². The van der Waals surface area contributed by atoms with E-state index in [1.54, 1.807) is 0 Å². The minimum Gasteiger partial charge on any atom is -0.393 e. The van der Waals surface area contributed by atoms with E-state index in [9.17, 15) is 15.3 Å². The summed E-state index contributed by atoms with van der Waals surface area (Å²) in [6.07, 6.45) is 18.0. The second kappa shape index (κ2) is 9.24. The van der Waals surface area contributed by atoms with Crippen LogP contribution in [0.5, 0.6) is 0 Å². The molecule has 3 heteroatoms. The molecule has 0 bridgehead atoms. The van der Waals surface area contributed by atoms with Crippen molar-refractivity contribution in [3.8, 4) is 0 Å². The molecule has 7 atom stereocenters. The van der Waals surface area contributed by atoms with Gasteiger partial charge in [0.2, 0.25) is 0 Å². The smallest absolute Gasteiger partial charge is 0.0811 e. The maximum absolute atomic E-state index is 10.7. The van der Waals surface area contributed by atoms with Gasteiger partial charge in [-0.05, 0) is 97.5 Å². The Morgan fingerprint density at radius 2 is 1.88 bits per heavy atom. The molecule has 0 heterocycles. The first-order valence-corrected chi connectivity index (χ1v) is 13.0. The summed E-state index contributed by atoms with van der Waals surface area (Å²) >= 11 is 0. The summed E-state index contributed by atoms with van der Waals surface area (Å²) in [7, 11) is 0. The molecule has 0 unspecified atom stereocenters. The van der Waals surface area contributed by atoms with Crippen LogP contribution in [0, 0.1) is 28.6 Å². The largest absolute Gasteiger partial charge is 0.393 e. The highest BCUT2D eigenvalue weighted by Gasteiger charge is 2.50. The van der Waals surface area contributed by atoms with E-state index in [1.807, 2.05) is 0 Å². The molecule has 4 aliphatic carbocycles. The van der Waals surface area contributed by atoms with Gasteiger partial charge in [0.25, 0.3) is 0 Å². The molecule has 32 heavy (non-hydrogen) atoms. The highest BCUT2D eigenvalue weighted by Crippen LogP contribution is 2.60. The monoisotopic (exact) mass is 440 g/mol. The molecule has 0 aromatic carbocycles. The van der Waals surface area contributed by atoms with Gasteiger partial charge in [-0.3, -0.25) is 0 Å². The van der Waals surface area contributed by atoms with Crippen molar-refractivity contribution in [2.24, 2.45) is 28.6 Å². The van der Waals surface area contributed by atoms with Gasteiger partial charge in [0, 0.05) is 6.42 Å². The summed E-state index contributed by atoms with van der Waals surface area (Å²) in [5, 5.41) is 30.9. The van der Waals surface area contributed by atoms with Gasteiger partial charge in [0.05, 0.1) is 18.3 Å². The van der Waals surface area contributed by atoms with Crippen LogP contribution in [0.1, 0.15) is 85.0 Å². The first kappa shape index (κ1) is 24.0. The van der Waals surface area contributed by atoms with Crippen LogP contribution in [-0.4, -0.2) is 33.6 Å². The number of aliphatic hydroxyl groups is 3. The molecular formula is C29H44O3. The fourth-order valence-corrected chi connectivity index (χ4v) is 7.25. The van der Waals surface area contributed by atoms with Crippen molar-refractivity contribution in [1.29, 1.82) is 0 Å². The van der Waals surface area contributed by atoms with E-state index in [-0.39, 0.29) is 11.5 Å². The Bertz CT molecular complexity index is 801. The summed E-state index contributed by atoms with van der Waals surface area (Å²) in [6.45, 7) is 11.1. The standard InChI is InChI=1S/C29H44O3/c1-5-29(15-16-29)27(32)13-8-19(2)24-11-12-25-21(7-6-14-28(24,25)4)9-10-22-17-23(30)18-26(31)20(22)3/h8-10,13,19,23-27,30-32H,3,5-7,11-12,14-18H2,1-2,4H3/b13-8+,21-9+,22-10-/t19-,23-,24-,25+,26+,27+,28-/m1/s1. The minimum absolute atomic E-state index is 0.164. The molecule has 0 radical (unpaired) electrons. The molecule has 4 saturated carbocycles. The Labute approximate surface area is 195 Å². The van der Waals surface area contributed by atoms with Gasteiger partial charge in [-0.2, -0.15) is 0 Å². The van der Waals surface area contributed by atoms with Gasteiger partial charge in [0.1, 0.15) is 0 Å². The zero-order valence-corrected chi connectivity index (χ0v) is 20.4. The van der Waals surface area contributed by atoms with E-state index in [0.717, 1.165) is 36.8 Å². The zero-order chi connectivity index (χ0) is 23.1. The number of hydrogen-bond acceptors (Lipinski definition) is 3. The lowest BCUT2D eigenvalue weighted by molar-refractivity contribution is 0.0862. The maximum Gasteiger partial charge on any atom is 0.0811 e. The molecule has 4 rings (SSSR count). The highest BCUT2D eigenvalue weighted by atomic mass is 16.3. The van der Waals surface area contributed by atoms with Crippen molar-refractivity contribution in [2.75, 3.05) is 0 Å².